The van der Waals surface area contributed by atoms with Crippen LogP contribution in [0.4, 0.5) is 4.79 Å². The van der Waals surface area contributed by atoms with Crippen molar-refractivity contribution in [3.8, 4) is 5.75 Å². The first kappa shape index (κ1) is 16.8. The second-order valence-corrected chi connectivity index (χ2v) is 5.96. The molecule has 1 aliphatic heterocycles. The number of amides is 3. The van der Waals surface area contributed by atoms with Gasteiger partial charge in [-0.2, -0.15) is 0 Å². The molecule has 1 aromatic carbocycles. The number of ether oxygens (including phenoxy) is 1. The standard InChI is InChI=1S/C17H20N4O4/c1-20(2)17(23)21-9-13-14(10-21)25-16(19-13)15(22)18-8-11-5-4-6-12(7-11)24-3/h4-7H,8-10H2,1-3H3,(H,18,22). The fourth-order valence-electron chi connectivity index (χ4n) is 2.60. The summed E-state index contributed by atoms with van der Waals surface area (Å²) in [6, 6.07) is 7.32. The Morgan fingerprint density at radius 1 is 1.36 bits per heavy atom. The van der Waals surface area contributed by atoms with Gasteiger partial charge in [-0.25, -0.2) is 9.78 Å². The molecule has 0 spiro atoms. The van der Waals surface area contributed by atoms with Crippen LogP contribution in [-0.2, 0) is 19.6 Å². The van der Waals surface area contributed by atoms with Gasteiger partial charge in [-0.15, -0.1) is 0 Å². The smallest absolute Gasteiger partial charge is 0.320 e. The molecule has 1 N–H and O–H groups in total. The first-order chi connectivity index (χ1) is 12.0. The quantitative estimate of drug-likeness (QED) is 0.910. The lowest BCUT2D eigenvalue weighted by Crippen LogP contribution is -2.35. The minimum Gasteiger partial charge on any atom is -0.497 e. The second kappa shape index (κ2) is 6.84. The number of methoxy groups -OCH3 is 1. The number of hydrogen-bond donors (Lipinski definition) is 1. The number of benzene rings is 1. The van der Waals surface area contributed by atoms with Crippen LogP contribution in [0.3, 0.4) is 0 Å². The van der Waals surface area contributed by atoms with Crippen molar-refractivity contribution in [2.45, 2.75) is 19.6 Å². The SMILES string of the molecule is COc1cccc(CNC(=O)c2nc3c(o2)CN(C(=O)N(C)C)C3)c1. The van der Waals surface area contributed by atoms with Crippen LogP contribution in [0.15, 0.2) is 28.7 Å². The van der Waals surface area contributed by atoms with E-state index in [1.807, 2.05) is 24.3 Å². The molecule has 0 bridgehead atoms. The van der Waals surface area contributed by atoms with E-state index in [1.54, 1.807) is 26.1 Å². The maximum atomic E-state index is 12.2. The third kappa shape index (κ3) is 3.57. The molecule has 3 amide bonds. The minimum atomic E-state index is -0.386. The zero-order valence-corrected chi connectivity index (χ0v) is 14.4. The molecule has 1 aromatic heterocycles. The molecule has 0 aliphatic carbocycles. The van der Waals surface area contributed by atoms with E-state index in [2.05, 4.69) is 10.3 Å². The maximum Gasteiger partial charge on any atom is 0.320 e. The Bertz CT molecular complexity index is 776. The van der Waals surface area contributed by atoms with Crippen LogP contribution in [0.25, 0.3) is 0 Å². The van der Waals surface area contributed by atoms with Gasteiger partial charge >= 0.3 is 11.9 Å². The number of nitrogens with one attached hydrogen (secondary N) is 1. The van der Waals surface area contributed by atoms with E-state index in [4.69, 9.17) is 9.15 Å². The monoisotopic (exact) mass is 344 g/mol. The Morgan fingerprint density at radius 3 is 2.84 bits per heavy atom. The van der Waals surface area contributed by atoms with Crippen molar-refractivity contribution in [2.75, 3.05) is 21.2 Å². The first-order valence-electron chi connectivity index (χ1n) is 7.84. The normalized spacial score (nSPS) is 12.7. The van der Waals surface area contributed by atoms with Gasteiger partial charge in [0, 0.05) is 20.6 Å². The van der Waals surface area contributed by atoms with Crippen LogP contribution in [0.5, 0.6) is 5.75 Å². The molecule has 8 nitrogen and oxygen atoms in total. The van der Waals surface area contributed by atoms with Crippen LogP contribution in [0.1, 0.15) is 27.7 Å². The number of aromatic nitrogens is 1. The number of oxazole rings is 1. The predicted molar refractivity (Wildman–Crippen MR) is 89.0 cm³/mol. The molecular weight excluding hydrogens is 324 g/mol. The molecule has 0 unspecified atom stereocenters. The van der Waals surface area contributed by atoms with Gasteiger partial charge in [0.25, 0.3) is 5.89 Å². The third-order valence-corrected chi connectivity index (χ3v) is 3.89. The first-order valence-corrected chi connectivity index (χ1v) is 7.84. The molecule has 2 heterocycles. The Hall–Kier alpha value is -3.03. The fraction of sp³-hybridized carbons (Fsp3) is 0.353. The van der Waals surface area contributed by atoms with E-state index in [9.17, 15) is 9.59 Å². The van der Waals surface area contributed by atoms with Gasteiger partial charge in [-0.3, -0.25) is 4.79 Å². The van der Waals surface area contributed by atoms with Crippen molar-refractivity contribution < 1.29 is 18.7 Å². The van der Waals surface area contributed by atoms with Crippen LogP contribution >= 0.6 is 0 Å². The van der Waals surface area contributed by atoms with E-state index in [0.29, 0.717) is 31.1 Å². The summed E-state index contributed by atoms with van der Waals surface area (Å²) >= 11 is 0. The summed E-state index contributed by atoms with van der Waals surface area (Å²) < 4.78 is 10.7. The van der Waals surface area contributed by atoms with E-state index in [-0.39, 0.29) is 17.8 Å². The van der Waals surface area contributed by atoms with Gasteiger partial charge in [-0.05, 0) is 17.7 Å². The van der Waals surface area contributed by atoms with E-state index in [1.165, 1.54) is 4.90 Å². The van der Waals surface area contributed by atoms with Crippen molar-refractivity contribution in [1.29, 1.82) is 0 Å². The van der Waals surface area contributed by atoms with Crippen LogP contribution in [0, 0.1) is 0 Å². The average molecular weight is 344 g/mol. The van der Waals surface area contributed by atoms with Crippen molar-refractivity contribution in [2.24, 2.45) is 0 Å². The van der Waals surface area contributed by atoms with E-state index >= 15 is 0 Å². The van der Waals surface area contributed by atoms with Gasteiger partial charge in [0.1, 0.15) is 17.2 Å². The highest BCUT2D eigenvalue weighted by atomic mass is 16.5. The predicted octanol–water partition coefficient (Wildman–Crippen LogP) is 1.61. The van der Waals surface area contributed by atoms with Crippen molar-refractivity contribution >= 4 is 11.9 Å². The number of carbonyl (C=O) groups is 2. The van der Waals surface area contributed by atoms with Crippen LogP contribution < -0.4 is 10.1 Å². The summed E-state index contributed by atoms with van der Waals surface area (Å²) in [7, 11) is 4.97. The minimum absolute atomic E-state index is 0.0184. The molecule has 2 aromatic rings. The van der Waals surface area contributed by atoms with Gasteiger partial charge in [0.2, 0.25) is 0 Å². The van der Waals surface area contributed by atoms with E-state index in [0.717, 1.165) is 11.3 Å². The lowest BCUT2D eigenvalue weighted by molar-refractivity contribution is 0.0912. The Balaban J connectivity index is 1.60. The number of carbonyl (C=O) groups excluding carboxylic acids is 2. The largest absolute Gasteiger partial charge is 0.497 e. The fourth-order valence-corrected chi connectivity index (χ4v) is 2.60. The molecule has 0 radical (unpaired) electrons. The summed E-state index contributed by atoms with van der Waals surface area (Å²) in [5, 5.41) is 2.77. The van der Waals surface area contributed by atoms with Gasteiger partial charge in [-0.1, -0.05) is 12.1 Å². The highest BCUT2D eigenvalue weighted by molar-refractivity contribution is 5.89. The summed E-state index contributed by atoms with van der Waals surface area (Å²) in [5.41, 5.74) is 1.54. The van der Waals surface area contributed by atoms with Gasteiger partial charge in [0.15, 0.2) is 0 Å². The average Bonchev–Trinajstić information content (AvgIpc) is 3.18. The molecule has 132 valence electrons. The lowest BCUT2D eigenvalue weighted by Gasteiger charge is -2.20. The zero-order valence-electron chi connectivity index (χ0n) is 14.4. The molecule has 0 atom stereocenters. The van der Waals surface area contributed by atoms with Crippen molar-refractivity contribution in [3.05, 3.63) is 47.2 Å². The number of nitrogens with zero attached hydrogens (tertiary/aromatic N) is 3. The van der Waals surface area contributed by atoms with Crippen molar-refractivity contribution in [3.63, 3.8) is 0 Å². The number of rotatable bonds is 4. The van der Waals surface area contributed by atoms with Crippen LogP contribution in [-0.4, -0.2) is 47.9 Å². The number of urea groups is 1. The number of hydrogen-bond acceptors (Lipinski definition) is 5. The third-order valence-electron chi connectivity index (χ3n) is 3.89. The molecule has 1 aliphatic rings. The van der Waals surface area contributed by atoms with Crippen molar-refractivity contribution in [1.82, 2.24) is 20.1 Å². The second-order valence-electron chi connectivity index (χ2n) is 5.96. The summed E-state index contributed by atoms with van der Waals surface area (Å²) in [6.07, 6.45) is 0. The zero-order chi connectivity index (χ0) is 18.0. The molecule has 0 fully saturated rings. The van der Waals surface area contributed by atoms with Crippen LogP contribution in [0.2, 0.25) is 0 Å². The molecule has 0 saturated carbocycles. The molecule has 3 rings (SSSR count). The van der Waals surface area contributed by atoms with Gasteiger partial charge in [0.05, 0.1) is 20.2 Å². The Kier molecular flexibility index (Phi) is 4.60. The molecule has 0 saturated heterocycles. The Morgan fingerprint density at radius 2 is 2.16 bits per heavy atom. The topological polar surface area (TPSA) is 87.9 Å². The highest BCUT2D eigenvalue weighted by Gasteiger charge is 2.30. The van der Waals surface area contributed by atoms with Gasteiger partial charge < -0.3 is 24.3 Å². The summed E-state index contributed by atoms with van der Waals surface area (Å²) in [4.78, 5) is 31.5. The molecule has 8 heteroatoms. The summed E-state index contributed by atoms with van der Waals surface area (Å²) in [6.45, 7) is 1.01. The number of fused-ring (bicyclic) bond motifs is 1. The summed E-state index contributed by atoms with van der Waals surface area (Å²) in [5.74, 6) is 0.918. The highest BCUT2D eigenvalue weighted by Crippen LogP contribution is 2.24. The van der Waals surface area contributed by atoms with E-state index < -0.39 is 0 Å². The maximum absolute atomic E-state index is 12.2. The molecular formula is C17H20N4O4. The Labute approximate surface area is 145 Å². The molecule has 25 heavy (non-hydrogen) atoms. The lowest BCUT2D eigenvalue weighted by atomic mass is 10.2.